The molecule has 1 aromatic carbocycles. The lowest BCUT2D eigenvalue weighted by Crippen LogP contribution is -2.44. The highest BCUT2D eigenvalue weighted by atomic mass is 32.2. The third-order valence-electron chi connectivity index (χ3n) is 4.04. The first-order valence-electron chi connectivity index (χ1n) is 7.19. The molecule has 2 unspecified atom stereocenters. The summed E-state index contributed by atoms with van der Waals surface area (Å²) in [7, 11) is 0. The first-order chi connectivity index (χ1) is 10.1. The van der Waals surface area contributed by atoms with Crippen LogP contribution in [0, 0.1) is 0 Å². The van der Waals surface area contributed by atoms with Crippen molar-refractivity contribution in [1.29, 1.82) is 0 Å². The lowest BCUT2D eigenvalue weighted by molar-refractivity contribution is -0.138. The fourth-order valence-electron chi connectivity index (χ4n) is 2.93. The monoisotopic (exact) mass is 321 g/mol. The zero-order valence-corrected chi connectivity index (χ0v) is 13.6. The van der Waals surface area contributed by atoms with Crippen LogP contribution in [0.3, 0.4) is 0 Å². The molecule has 0 amide bonds. The summed E-state index contributed by atoms with van der Waals surface area (Å²) in [5, 5.41) is 10.4. The maximum Gasteiger partial charge on any atom is 0.304 e. The molecule has 0 spiro atoms. The van der Waals surface area contributed by atoms with Gasteiger partial charge in [-0.15, -0.1) is 11.3 Å². The van der Waals surface area contributed by atoms with Crippen molar-refractivity contribution in [3.63, 3.8) is 0 Å². The quantitative estimate of drug-likeness (QED) is 0.928. The standard InChI is InChI=1S/C16H19NO2S2/c1-11(15-8-12-4-2-3-5-14(12)21-15)17-6-7-20-10-13(17)9-16(18)19/h2-5,8,11,13H,6-7,9-10H2,1H3,(H,18,19). The number of nitrogens with zero attached hydrogens (tertiary/aromatic N) is 1. The van der Waals surface area contributed by atoms with Gasteiger partial charge in [0.05, 0.1) is 6.42 Å². The molecule has 1 aliphatic heterocycles. The van der Waals surface area contributed by atoms with E-state index in [9.17, 15) is 4.79 Å². The van der Waals surface area contributed by atoms with Gasteiger partial charge >= 0.3 is 5.97 Å². The zero-order chi connectivity index (χ0) is 14.8. The van der Waals surface area contributed by atoms with Crippen LogP contribution in [0.1, 0.15) is 24.3 Å². The Balaban J connectivity index is 1.84. The van der Waals surface area contributed by atoms with Gasteiger partial charge in [-0.05, 0) is 24.4 Å². The highest BCUT2D eigenvalue weighted by Crippen LogP contribution is 2.35. The average Bonchev–Trinajstić information content (AvgIpc) is 2.90. The van der Waals surface area contributed by atoms with Crippen LogP contribution in [0.15, 0.2) is 30.3 Å². The van der Waals surface area contributed by atoms with Crippen LogP contribution in [-0.2, 0) is 4.79 Å². The highest BCUT2D eigenvalue weighted by molar-refractivity contribution is 7.99. The lowest BCUT2D eigenvalue weighted by Gasteiger charge is -2.38. The van der Waals surface area contributed by atoms with Crippen LogP contribution in [0.4, 0.5) is 0 Å². The maximum atomic E-state index is 11.1. The summed E-state index contributed by atoms with van der Waals surface area (Å²) in [5.74, 6) is 1.31. The van der Waals surface area contributed by atoms with Crippen LogP contribution >= 0.6 is 23.1 Å². The number of rotatable bonds is 4. The predicted molar refractivity (Wildman–Crippen MR) is 90.3 cm³/mol. The molecule has 0 aliphatic carbocycles. The van der Waals surface area contributed by atoms with Crippen molar-refractivity contribution in [3.8, 4) is 0 Å². The van der Waals surface area contributed by atoms with E-state index in [-0.39, 0.29) is 18.5 Å². The van der Waals surface area contributed by atoms with Gasteiger partial charge in [0.2, 0.25) is 0 Å². The molecule has 1 fully saturated rings. The number of benzene rings is 1. The second-order valence-electron chi connectivity index (χ2n) is 5.43. The van der Waals surface area contributed by atoms with Gasteiger partial charge in [-0.25, -0.2) is 0 Å². The molecule has 0 saturated carbocycles. The number of carboxylic acid groups (broad SMARTS) is 1. The van der Waals surface area contributed by atoms with E-state index in [2.05, 4.69) is 42.2 Å². The average molecular weight is 321 g/mol. The van der Waals surface area contributed by atoms with E-state index in [0.29, 0.717) is 0 Å². The van der Waals surface area contributed by atoms with Crippen LogP contribution < -0.4 is 0 Å². The van der Waals surface area contributed by atoms with Crippen LogP contribution in [0.5, 0.6) is 0 Å². The van der Waals surface area contributed by atoms with Crippen molar-refractivity contribution in [2.75, 3.05) is 18.1 Å². The van der Waals surface area contributed by atoms with Gasteiger partial charge in [-0.2, -0.15) is 11.8 Å². The van der Waals surface area contributed by atoms with Crippen molar-refractivity contribution in [2.24, 2.45) is 0 Å². The predicted octanol–water partition coefficient (Wildman–Crippen LogP) is 3.85. The number of carbonyl (C=O) groups is 1. The number of hydrogen-bond acceptors (Lipinski definition) is 4. The zero-order valence-electron chi connectivity index (χ0n) is 12.0. The van der Waals surface area contributed by atoms with Gasteiger partial charge in [0, 0.05) is 39.7 Å². The number of aliphatic carboxylic acids is 1. The Hall–Kier alpha value is -1.04. The van der Waals surface area contributed by atoms with Crippen molar-refractivity contribution in [1.82, 2.24) is 4.90 Å². The van der Waals surface area contributed by atoms with Crippen molar-refractivity contribution < 1.29 is 9.90 Å². The molecule has 1 aliphatic rings. The van der Waals surface area contributed by atoms with E-state index in [1.165, 1.54) is 15.0 Å². The molecule has 3 rings (SSSR count). The van der Waals surface area contributed by atoms with Gasteiger partial charge in [0.15, 0.2) is 0 Å². The van der Waals surface area contributed by atoms with E-state index in [1.807, 2.05) is 23.1 Å². The first kappa shape index (κ1) is 14.9. The number of thiophene rings is 1. The molecule has 0 bridgehead atoms. The maximum absolute atomic E-state index is 11.1. The summed E-state index contributed by atoms with van der Waals surface area (Å²) in [4.78, 5) is 14.8. The summed E-state index contributed by atoms with van der Waals surface area (Å²) in [6.45, 7) is 3.17. The number of hydrogen-bond donors (Lipinski definition) is 1. The summed E-state index contributed by atoms with van der Waals surface area (Å²) in [6.07, 6.45) is 0.238. The number of fused-ring (bicyclic) bond motifs is 1. The second kappa shape index (κ2) is 6.38. The van der Waals surface area contributed by atoms with Crippen molar-refractivity contribution >= 4 is 39.2 Å². The minimum absolute atomic E-state index is 0.140. The minimum Gasteiger partial charge on any atom is -0.481 e. The molecular weight excluding hydrogens is 302 g/mol. The van der Waals surface area contributed by atoms with Crippen molar-refractivity contribution in [2.45, 2.75) is 25.4 Å². The summed E-state index contributed by atoms with van der Waals surface area (Å²) >= 11 is 3.69. The Morgan fingerprint density at radius 1 is 1.48 bits per heavy atom. The number of thioether (sulfide) groups is 1. The van der Waals surface area contributed by atoms with E-state index in [1.54, 1.807) is 0 Å². The van der Waals surface area contributed by atoms with E-state index in [0.717, 1.165) is 18.1 Å². The Morgan fingerprint density at radius 3 is 3.05 bits per heavy atom. The van der Waals surface area contributed by atoms with Crippen LogP contribution in [-0.4, -0.2) is 40.1 Å². The minimum atomic E-state index is -0.698. The molecule has 1 aromatic heterocycles. The lowest BCUT2D eigenvalue weighted by atomic mass is 10.1. The molecule has 2 heterocycles. The Labute approximate surface area is 133 Å². The van der Waals surface area contributed by atoms with Crippen LogP contribution in [0.2, 0.25) is 0 Å². The Morgan fingerprint density at radius 2 is 2.29 bits per heavy atom. The third kappa shape index (κ3) is 3.25. The van der Waals surface area contributed by atoms with E-state index < -0.39 is 5.97 Å². The normalized spacial score (nSPS) is 21.5. The van der Waals surface area contributed by atoms with E-state index in [4.69, 9.17) is 5.11 Å². The van der Waals surface area contributed by atoms with Crippen molar-refractivity contribution in [3.05, 3.63) is 35.2 Å². The third-order valence-corrected chi connectivity index (χ3v) is 6.42. The molecule has 5 heteroatoms. The first-order valence-corrected chi connectivity index (χ1v) is 9.16. The smallest absolute Gasteiger partial charge is 0.304 e. The SMILES string of the molecule is CC(c1cc2ccccc2s1)N1CCSCC1CC(=O)O. The fourth-order valence-corrected chi connectivity index (χ4v) is 5.15. The molecule has 21 heavy (non-hydrogen) atoms. The summed E-state index contributed by atoms with van der Waals surface area (Å²) in [6, 6.07) is 11.1. The Bertz CT molecular complexity index is 607. The van der Waals surface area contributed by atoms with Gasteiger partial charge in [0.1, 0.15) is 0 Å². The molecule has 2 atom stereocenters. The molecule has 0 radical (unpaired) electrons. The van der Waals surface area contributed by atoms with Gasteiger partial charge in [0.25, 0.3) is 0 Å². The molecule has 1 N–H and O–H groups in total. The summed E-state index contributed by atoms with van der Waals surface area (Å²) in [5.41, 5.74) is 0. The fraction of sp³-hybridized carbons (Fsp3) is 0.438. The van der Waals surface area contributed by atoms with Gasteiger partial charge in [-0.3, -0.25) is 9.69 Å². The topological polar surface area (TPSA) is 40.5 Å². The molecule has 2 aromatic rings. The van der Waals surface area contributed by atoms with Crippen LogP contribution in [0.25, 0.3) is 10.1 Å². The largest absolute Gasteiger partial charge is 0.481 e. The molecule has 3 nitrogen and oxygen atoms in total. The highest BCUT2D eigenvalue weighted by Gasteiger charge is 2.29. The van der Waals surface area contributed by atoms with Gasteiger partial charge < -0.3 is 5.11 Å². The molecule has 112 valence electrons. The summed E-state index contributed by atoms with van der Waals surface area (Å²) < 4.78 is 1.31. The molecule has 1 saturated heterocycles. The van der Waals surface area contributed by atoms with E-state index >= 15 is 0 Å². The van der Waals surface area contributed by atoms with Gasteiger partial charge in [-0.1, -0.05) is 18.2 Å². The number of carboxylic acids is 1. The Kier molecular flexibility index (Phi) is 4.52. The molecular formula is C16H19NO2S2. The second-order valence-corrected chi connectivity index (χ2v) is 7.69.